The lowest BCUT2D eigenvalue weighted by Crippen LogP contribution is -1.79. The van der Waals surface area contributed by atoms with Crippen molar-refractivity contribution in [3.05, 3.63) is 61.2 Å². The van der Waals surface area contributed by atoms with Crippen LogP contribution in [0.5, 0.6) is 0 Å². The summed E-state index contributed by atoms with van der Waals surface area (Å²) in [7, 11) is 0. The van der Waals surface area contributed by atoms with E-state index in [-0.39, 0.29) is 0 Å². The molecule has 0 aliphatic heterocycles. The summed E-state index contributed by atoms with van der Waals surface area (Å²) in [5.41, 5.74) is 4.54. The van der Waals surface area contributed by atoms with Crippen LogP contribution in [0.1, 0.15) is 13.8 Å². The molecule has 0 spiro atoms. The average molecular weight is 275 g/mol. The standard InChI is InChI=1S/C16H11N3.C2H6/c1-2-12(9-17-6-1)11-3-4-13-14-10-18-7-5-15(14)19-16(13)8-11;1-2/h1-10,19H;1-2H3. The van der Waals surface area contributed by atoms with Crippen molar-refractivity contribution in [2.24, 2.45) is 0 Å². The molecule has 0 saturated carbocycles. The second-order valence-electron chi connectivity index (χ2n) is 4.55. The van der Waals surface area contributed by atoms with Gasteiger partial charge in [-0.15, -0.1) is 0 Å². The maximum atomic E-state index is 4.19. The first kappa shape index (κ1) is 13.3. The Kier molecular flexibility index (Phi) is 3.65. The number of nitrogens with one attached hydrogen (secondary N) is 1. The van der Waals surface area contributed by atoms with E-state index < -0.39 is 0 Å². The third-order valence-corrected chi connectivity index (χ3v) is 3.40. The second-order valence-corrected chi connectivity index (χ2v) is 4.55. The molecule has 4 rings (SSSR count). The molecule has 3 nitrogen and oxygen atoms in total. The first-order chi connectivity index (χ1) is 10.4. The molecule has 0 amide bonds. The third kappa shape index (κ3) is 2.38. The van der Waals surface area contributed by atoms with Crippen LogP contribution in [0.3, 0.4) is 0 Å². The number of fused-ring (bicyclic) bond motifs is 3. The highest BCUT2D eigenvalue weighted by Crippen LogP contribution is 2.28. The van der Waals surface area contributed by atoms with E-state index in [0.29, 0.717) is 0 Å². The summed E-state index contributed by atoms with van der Waals surface area (Å²) >= 11 is 0. The lowest BCUT2D eigenvalue weighted by atomic mass is 10.1. The average Bonchev–Trinajstić information content (AvgIpc) is 2.95. The highest BCUT2D eigenvalue weighted by Gasteiger charge is 2.05. The van der Waals surface area contributed by atoms with Gasteiger partial charge < -0.3 is 4.98 Å². The van der Waals surface area contributed by atoms with Crippen LogP contribution >= 0.6 is 0 Å². The van der Waals surface area contributed by atoms with Gasteiger partial charge in [-0.05, 0) is 23.8 Å². The lowest BCUT2D eigenvalue weighted by molar-refractivity contribution is 1.33. The van der Waals surface area contributed by atoms with Gasteiger partial charge in [-0.3, -0.25) is 9.97 Å². The maximum Gasteiger partial charge on any atom is 0.0495 e. The SMILES string of the molecule is CC.c1cncc(-c2ccc3c(c2)[nH]c2ccncc23)c1. The normalized spacial score (nSPS) is 10.4. The summed E-state index contributed by atoms with van der Waals surface area (Å²) in [6, 6.07) is 12.4. The van der Waals surface area contributed by atoms with Crippen LogP contribution in [-0.4, -0.2) is 15.0 Å². The fourth-order valence-corrected chi connectivity index (χ4v) is 2.46. The summed E-state index contributed by atoms with van der Waals surface area (Å²) in [6.07, 6.45) is 7.37. The first-order valence-corrected chi connectivity index (χ1v) is 7.18. The van der Waals surface area contributed by atoms with Crippen molar-refractivity contribution in [1.82, 2.24) is 15.0 Å². The molecule has 0 atom stereocenters. The number of benzene rings is 1. The van der Waals surface area contributed by atoms with E-state index in [1.807, 2.05) is 38.4 Å². The maximum absolute atomic E-state index is 4.19. The molecule has 4 aromatic rings. The van der Waals surface area contributed by atoms with Crippen molar-refractivity contribution in [1.29, 1.82) is 0 Å². The minimum absolute atomic E-state index is 1.12. The number of nitrogens with zero attached hydrogens (tertiary/aromatic N) is 2. The van der Waals surface area contributed by atoms with Crippen LogP contribution in [0.25, 0.3) is 32.9 Å². The van der Waals surface area contributed by atoms with Crippen LogP contribution < -0.4 is 0 Å². The van der Waals surface area contributed by atoms with Crippen molar-refractivity contribution in [3.63, 3.8) is 0 Å². The fraction of sp³-hybridized carbons (Fsp3) is 0.111. The largest absolute Gasteiger partial charge is 0.354 e. The summed E-state index contributed by atoms with van der Waals surface area (Å²) in [6.45, 7) is 4.00. The molecule has 0 fully saturated rings. The summed E-state index contributed by atoms with van der Waals surface area (Å²) < 4.78 is 0. The molecule has 3 heteroatoms. The molecule has 1 aromatic carbocycles. The molecule has 0 bridgehead atoms. The number of aromatic amines is 1. The van der Waals surface area contributed by atoms with Crippen molar-refractivity contribution >= 4 is 21.8 Å². The van der Waals surface area contributed by atoms with E-state index in [0.717, 1.165) is 22.0 Å². The van der Waals surface area contributed by atoms with Gasteiger partial charge in [0.2, 0.25) is 0 Å². The highest BCUT2D eigenvalue weighted by atomic mass is 14.7. The van der Waals surface area contributed by atoms with Gasteiger partial charge in [0.25, 0.3) is 0 Å². The smallest absolute Gasteiger partial charge is 0.0495 e. The predicted molar refractivity (Wildman–Crippen MR) is 88.2 cm³/mol. The van der Waals surface area contributed by atoms with Crippen LogP contribution in [0, 0.1) is 0 Å². The van der Waals surface area contributed by atoms with Gasteiger partial charge in [-0.2, -0.15) is 0 Å². The molecule has 0 aliphatic rings. The van der Waals surface area contributed by atoms with E-state index >= 15 is 0 Å². The molecule has 3 aromatic heterocycles. The summed E-state index contributed by atoms with van der Waals surface area (Å²) in [5.74, 6) is 0. The molecule has 21 heavy (non-hydrogen) atoms. The van der Waals surface area contributed by atoms with Gasteiger partial charge >= 0.3 is 0 Å². The Morgan fingerprint density at radius 3 is 2.43 bits per heavy atom. The second kappa shape index (κ2) is 5.75. The Labute approximate surface area is 123 Å². The quantitative estimate of drug-likeness (QED) is 0.542. The molecule has 0 saturated heterocycles. The number of pyridine rings is 2. The van der Waals surface area contributed by atoms with Gasteiger partial charge in [0.1, 0.15) is 0 Å². The summed E-state index contributed by atoms with van der Waals surface area (Å²) in [5, 5.41) is 2.37. The van der Waals surface area contributed by atoms with Crippen LogP contribution in [0.15, 0.2) is 61.2 Å². The Balaban J connectivity index is 0.000000636. The van der Waals surface area contributed by atoms with E-state index in [1.165, 1.54) is 10.9 Å². The van der Waals surface area contributed by atoms with Crippen LogP contribution in [-0.2, 0) is 0 Å². The molecular formula is C18H17N3. The Morgan fingerprint density at radius 2 is 1.62 bits per heavy atom. The van der Waals surface area contributed by atoms with E-state index in [4.69, 9.17) is 0 Å². The van der Waals surface area contributed by atoms with Gasteiger partial charge in [-0.1, -0.05) is 32.0 Å². The topological polar surface area (TPSA) is 41.6 Å². The minimum Gasteiger partial charge on any atom is -0.354 e. The van der Waals surface area contributed by atoms with E-state index in [9.17, 15) is 0 Å². The number of hydrogen-bond donors (Lipinski definition) is 1. The van der Waals surface area contributed by atoms with Gasteiger partial charge in [0.15, 0.2) is 0 Å². The molecule has 3 heterocycles. The zero-order chi connectivity index (χ0) is 14.7. The number of aromatic nitrogens is 3. The fourth-order valence-electron chi connectivity index (χ4n) is 2.46. The lowest BCUT2D eigenvalue weighted by Gasteiger charge is -2.00. The number of hydrogen-bond acceptors (Lipinski definition) is 2. The monoisotopic (exact) mass is 275 g/mol. The zero-order valence-corrected chi connectivity index (χ0v) is 12.2. The van der Waals surface area contributed by atoms with Crippen molar-refractivity contribution in [3.8, 4) is 11.1 Å². The predicted octanol–water partition coefficient (Wildman–Crippen LogP) is 4.80. The number of rotatable bonds is 1. The van der Waals surface area contributed by atoms with Crippen LogP contribution in [0.2, 0.25) is 0 Å². The highest BCUT2D eigenvalue weighted by molar-refractivity contribution is 6.07. The third-order valence-electron chi connectivity index (χ3n) is 3.40. The van der Waals surface area contributed by atoms with Crippen LogP contribution in [0.4, 0.5) is 0 Å². The van der Waals surface area contributed by atoms with Crippen molar-refractivity contribution < 1.29 is 0 Å². The van der Waals surface area contributed by atoms with E-state index in [1.54, 1.807) is 12.4 Å². The van der Waals surface area contributed by atoms with Crippen molar-refractivity contribution in [2.45, 2.75) is 13.8 Å². The Hall–Kier alpha value is -2.68. The Bertz CT molecular complexity index is 863. The first-order valence-electron chi connectivity index (χ1n) is 7.18. The molecular weight excluding hydrogens is 258 g/mol. The molecule has 104 valence electrons. The molecule has 0 unspecified atom stereocenters. The van der Waals surface area contributed by atoms with E-state index in [2.05, 4.69) is 39.2 Å². The van der Waals surface area contributed by atoms with Gasteiger partial charge in [0, 0.05) is 52.2 Å². The van der Waals surface area contributed by atoms with Gasteiger partial charge in [0.05, 0.1) is 0 Å². The molecule has 0 radical (unpaired) electrons. The zero-order valence-electron chi connectivity index (χ0n) is 12.2. The molecule has 0 aliphatic carbocycles. The summed E-state index contributed by atoms with van der Waals surface area (Å²) in [4.78, 5) is 11.8. The van der Waals surface area contributed by atoms with Gasteiger partial charge in [-0.25, -0.2) is 0 Å². The minimum atomic E-state index is 1.12. The Morgan fingerprint density at radius 1 is 0.762 bits per heavy atom. The number of H-pyrrole nitrogens is 1. The molecule has 1 N–H and O–H groups in total. The van der Waals surface area contributed by atoms with Crippen molar-refractivity contribution in [2.75, 3.05) is 0 Å².